The Balaban J connectivity index is 1.97. The second kappa shape index (κ2) is 6.18. The van der Waals surface area contributed by atoms with Crippen molar-refractivity contribution in [2.75, 3.05) is 7.11 Å². The SMILES string of the molecule is COc1ccc2ccccc2c1Cn1c(=S)[nH]c2ccccc2c1=O. The number of aromatic nitrogens is 2. The van der Waals surface area contributed by atoms with Crippen molar-refractivity contribution in [1.29, 1.82) is 0 Å². The maximum Gasteiger partial charge on any atom is 0.262 e. The fourth-order valence-corrected chi connectivity index (χ4v) is 3.43. The van der Waals surface area contributed by atoms with Crippen molar-refractivity contribution < 1.29 is 4.74 Å². The second-order valence-corrected chi connectivity index (χ2v) is 6.22. The van der Waals surface area contributed by atoms with Crippen LogP contribution in [0.25, 0.3) is 21.7 Å². The summed E-state index contributed by atoms with van der Waals surface area (Å²) in [6.07, 6.45) is 0. The lowest BCUT2D eigenvalue weighted by Crippen LogP contribution is -2.23. The smallest absolute Gasteiger partial charge is 0.262 e. The van der Waals surface area contributed by atoms with Gasteiger partial charge in [0.25, 0.3) is 5.56 Å². The molecule has 1 N–H and O–H groups in total. The number of para-hydroxylation sites is 1. The van der Waals surface area contributed by atoms with Crippen LogP contribution in [0.1, 0.15) is 5.56 Å². The summed E-state index contributed by atoms with van der Waals surface area (Å²) in [7, 11) is 1.64. The number of fused-ring (bicyclic) bond motifs is 2. The summed E-state index contributed by atoms with van der Waals surface area (Å²) < 4.78 is 7.52. The molecule has 0 atom stereocenters. The Hall–Kier alpha value is -2.92. The average molecular weight is 348 g/mol. The molecule has 0 saturated carbocycles. The van der Waals surface area contributed by atoms with E-state index in [-0.39, 0.29) is 5.56 Å². The molecule has 4 nitrogen and oxygen atoms in total. The summed E-state index contributed by atoms with van der Waals surface area (Å²) in [6, 6.07) is 19.4. The number of benzene rings is 3. The Morgan fingerprint density at radius 3 is 2.52 bits per heavy atom. The lowest BCUT2D eigenvalue weighted by Gasteiger charge is -2.14. The highest BCUT2D eigenvalue weighted by Gasteiger charge is 2.12. The van der Waals surface area contributed by atoms with Crippen molar-refractivity contribution in [2.24, 2.45) is 0 Å². The highest BCUT2D eigenvalue weighted by Crippen LogP contribution is 2.28. The number of nitrogens with one attached hydrogen (secondary N) is 1. The van der Waals surface area contributed by atoms with Crippen LogP contribution < -0.4 is 10.3 Å². The van der Waals surface area contributed by atoms with E-state index in [1.807, 2.05) is 54.6 Å². The zero-order chi connectivity index (χ0) is 17.4. The third-order valence-electron chi connectivity index (χ3n) is 4.42. The van der Waals surface area contributed by atoms with E-state index in [1.165, 1.54) is 0 Å². The quantitative estimate of drug-likeness (QED) is 0.563. The summed E-state index contributed by atoms with van der Waals surface area (Å²) in [4.78, 5) is 16.1. The van der Waals surface area contributed by atoms with E-state index in [1.54, 1.807) is 17.7 Å². The highest BCUT2D eigenvalue weighted by molar-refractivity contribution is 7.71. The minimum Gasteiger partial charge on any atom is -0.496 e. The Labute approximate surface area is 149 Å². The van der Waals surface area contributed by atoms with Crippen LogP contribution in [-0.2, 0) is 6.54 Å². The minimum atomic E-state index is -0.102. The van der Waals surface area contributed by atoms with Gasteiger partial charge in [0.1, 0.15) is 5.75 Å². The van der Waals surface area contributed by atoms with E-state index in [0.29, 0.717) is 16.7 Å². The molecule has 0 radical (unpaired) electrons. The van der Waals surface area contributed by atoms with Gasteiger partial charge in [-0.25, -0.2) is 0 Å². The molecular weight excluding hydrogens is 332 g/mol. The number of methoxy groups -OCH3 is 1. The van der Waals surface area contributed by atoms with Crippen LogP contribution in [0.3, 0.4) is 0 Å². The van der Waals surface area contributed by atoms with Gasteiger partial charge in [-0.05, 0) is 41.2 Å². The van der Waals surface area contributed by atoms with Gasteiger partial charge in [-0.15, -0.1) is 0 Å². The molecule has 0 amide bonds. The number of aromatic amines is 1. The van der Waals surface area contributed by atoms with E-state index >= 15 is 0 Å². The Kier molecular flexibility index (Phi) is 3.86. The highest BCUT2D eigenvalue weighted by atomic mass is 32.1. The Morgan fingerprint density at radius 2 is 1.72 bits per heavy atom. The molecule has 0 fully saturated rings. The summed E-state index contributed by atoms with van der Waals surface area (Å²) in [6.45, 7) is 0.351. The predicted molar refractivity (Wildman–Crippen MR) is 103 cm³/mol. The summed E-state index contributed by atoms with van der Waals surface area (Å²) in [5.41, 5.74) is 1.59. The first-order chi connectivity index (χ1) is 12.2. The molecule has 0 aliphatic carbocycles. The summed E-state index contributed by atoms with van der Waals surface area (Å²) >= 11 is 5.43. The Bertz CT molecular complexity index is 1210. The molecule has 0 unspecified atom stereocenters. The largest absolute Gasteiger partial charge is 0.496 e. The normalized spacial score (nSPS) is 11.1. The van der Waals surface area contributed by atoms with Crippen molar-refractivity contribution in [3.63, 3.8) is 0 Å². The van der Waals surface area contributed by atoms with Crippen molar-refractivity contribution in [3.05, 3.63) is 81.4 Å². The Morgan fingerprint density at radius 1 is 1.00 bits per heavy atom. The standard InChI is InChI=1S/C20H16N2O2S/c1-24-18-11-10-13-6-2-3-7-14(13)16(18)12-22-19(23)15-8-4-5-9-17(15)21-20(22)25/h2-11H,12H2,1H3,(H,21,25). The summed E-state index contributed by atoms with van der Waals surface area (Å²) in [5, 5.41) is 2.77. The van der Waals surface area contributed by atoms with E-state index in [9.17, 15) is 4.79 Å². The minimum absolute atomic E-state index is 0.102. The monoisotopic (exact) mass is 348 g/mol. The van der Waals surface area contributed by atoms with Gasteiger partial charge in [0.2, 0.25) is 0 Å². The van der Waals surface area contributed by atoms with Gasteiger partial charge >= 0.3 is 0 Å². The third kappa shape index (κ3) is 2.62. The molecule has 5 heteroatoms. The van der Waals surface area contributed by atoms with Crippen LogP contribution in [0.5, 0.6) is 5.75 Å². The first kappa shape index (κ1) is 15.6. The molecule has 1 heterocycles. The van der Waals surface area contributed by atoms with Crippen molar-refractivity contribution in [2.45, 2.75) is 6.54 Å². The number of H-pyrrole nitrogens is 1. The molecule has 0 bridgehead atoms. The van der Waals surface area contributed by atoms with Crippen LogP contribution in [0, 0.1) is 4.77 Å². The van der Waals surface area contributed by atoms with Crippen LogP contribution in [0.2, 0.25) is 0 Å². The van der Waals surface area contributed by atoms with E-state index in [0.717, 1.165) is 27.6 Å². The fraction of sp³-hybridized carbons (Fsp3) is 0.100. The molecule has 4 rings (SSSR count). The molecule has 1 aromatic heterocycles. The van der Waals surface area contributed by atoms with Gasteiger partial charge in [0.05, 0.1) is 24.6 Å². The van der Waals surface area contributed by atoms with E-state index < -0.39 is 0 Å². The van der Waals surface area contributed by atoms with Crippen LogP contribution >= 0.6 is 12.2 Å². The number of ether oxygens (including phenoxy) is 1. The molecule has 4 aromatic rings. The molecule has 3 aromatic carbocycles. The lowest BCUT2D eigenvalue weighted by atomic mass is 10.0. The van der Waals surface area contributed by atoms with Gasteiger partial charge in [-0.1, -0.05) is 42.5 Å². The second-order valence-electron chi connectivity index (χ2n) is 5.83. The topological polar surface area (TPSA) is 47.0 Å². The van der Waals surface area contributed by atoms with Gasteiger partial charge in [0, 0.05) is 5.56 Å². The fourth-order valence-electron chi connectivity index (χ4n) is 3.17. The van der Waals surface area contributed by atoms with Gasteiger partial charge in [-0.2, -0.15) is 0 Å². The maximum atomic E-state index is 12.9. The van der Waals surface area contributed by atoms with Crippen molar-refractivity contribution >= 4 is 33.9 Å². The average Bonchev–Trinajstić information content (AvgIpc) is 2.65. The van der Waals surface area contributed by atoms with Gasteiger partial charge in [-0.3, -0.25) is 9.36 Å². The van der Waals surface area contributed by atoms with Crippen LogP contribution in [0.15, 0.2) is 65.5 Å². The van der Waals surface area contributed by atoms with Crippen molar-refractivity contribution in [3.8, 4) is 5.75 Å². The first-order valence-electron chi connectivity index (χ1n) is 7.95. The molecule has 0 aliphatic rings. The van der Waals surface area contributed by atoms with E-state index in [2.05, 4.69) is 4.98 Å². The molecule has 0 saturated heterocycles. The predicted octanol–water partition coefficient (Wildman–Crippen LogP) is 4.27. The molecule has 124 valence electrons. The molecule has 0 spiro atoms. The van der Waals surface area contributed by atoms with Crippen molar-refractivity contribution in [1.82, 2.24) is 9.55 Å². The first-order valence-corrected chi connectivity index (χ1v) is 8.36. The number of hydrogen-bond acceptors (Lipinski definition) is 3. The number of hydrogen-bond donors (Lipinski definition) is 1. The van der Waals surface area contributed by atoms with Gasteiger partial charge in [0.15, 0.2) is 4.77 Å². The number of rotatable bonds is 3. The van der Waals surface area contributed by atoms with Gasteiger partial charge < -0.3 is 9.72 Å². The van der Waals surface area contributed by atoms with Crippen LogP contribution in [-0.4, -0.2) is 16.7 Å². The maximum absolute atomic E-state index is 12.9. The zero-order valence-electron chi connectivity index (χ0n) is 13.7. The lowest BCUT2D eigenvalue weighted by molar-refractivity contribution is 0.409. The molecule has 0 aliphatic heterocycles. The zero-order valence-corrected chi connectivity index (χ0v) is 14.5. The number of nitrogens with zero attached hydrogens (tertiary/aromatic N) is 1. The molecule has 25 heavy (non-hydrogen) atoms. The van der Waals surface area contributed by atoms with E-state index in [4.69, 9.17) is 17.0 Å². The third-order valence-corrected chi connectivity index (χ3v) is 4.75. The van der Waals surface area contributed by atoms with Crippen LogP contribution in [0.4, 0.5) is 0 Å². The molecular formula is C20H16N2O2S. The summed E-state index contributed by atoms with van der Waals surface area (Å²) in [5.74, 6) is 0.744.